The Balaban J connectivity index is 1.53. The van der Waals surface area contributed by atoms with Crippen LogP contribution in [0.25, 0.3) is 11.4 Å². The Bertz CT molecular complexity index is 943. The van der Waals surface area contributed by atoms with E-state index in [0.717, 1.165) is 32.1 Å². The molecule has 1 amide bonds. The molecule has 6 nitrogen and oxygen atoms in total. The summed E-state index contributed by atoms with van der Waals surface area (Å²) in [7, 11) is 0. The third-order valence-corrected chi connectivity index (χ3v) is 6.68. The first-order valence-electron chi connectivity index (χ1n) is 10.1. The minimum Gasteiger partial charge on any atom is -0.337 e. The largest absolute Gasteiger partial charge is 0.337 e. The SMILES string of the molecule is CC(Sc1nnc(-c2ccccc2F)n1C1CC1)C(=O)NC1(C#N)CCCCC1. The van der Waals surface area contributed by atoms with Crippen molar-refractivity contribution in [3.05, 3.63) is 30.1 Å². The van der Waals surface area contributed by atoms with Crippen molar-refractivity contribution in [2.75, 3.05) is 0 Å². The maximum absolute atomic E-state index is 14.3. The second-order valence-corrected chi connectivity index (χ2v) is 9.20. The normalized spacial score (nSPS) is 19.3. The summed E-state index contributed by atoms with van der Waals surface area (Å²) < 4.78 is 16.3. The molecule has 1 N–H and O–H groups in total. The van der Waals surface area contributed by atoms with Gasteiger partial charge in [0.2, 0.25) is 5.91 Å². The molecule has 2 saturated carbocycles. The minimum atomic E-state index is -0.757. The van der Waals surface area contributed by atoms with Crippen molar-refractivity contribution in [3.63, 3.8) is 0 Å². The predicted molar refractivity (Wildman–Crippen MR) is 109 cm³/mol. The minimum absolute atomic E-state index is 0.170. The van der Waals surface area contributed by atoms with Gasteiger partial charge in [-0.3, -0.25) is 9.36 Å². The zero-order valence-corrected chi connectivity index (χ0v) is 17.2. The molecular formula is C21H24FN5OS. The van der Waals surface area contributed by atoms with E-state index in [1.807, 2.05) is 11.5 Å². The Morgan fingerprint density at radius 1 is 1.31 bits per heavy atom. The molecular weight excluding hydrogens is 389 g/mol. The van der Waals surface area contributed by atoms with Crippen molar-refractivity contribution in [1.82, 2.24) is 20.1 Å². The molecule has 2 aliphatic carbocycles. The number of halogens is 1. The first-order valence-corrected chi connectivity index (χ1v) is 11.0. The summed E-state index contributed by atoms with van der Waals surface area (Å²) in [5.41, 5.74) is -0.339. The van der Waals surface area contributed by atoms with Gasteiger partial charge in [0.25, 0.3) is 0 Å². The highest BCUT2D eigenvalue weighted by atomic mass is 32.2. The van der Waals surface area contributed by atoms with E-state index in [-0.39, 0.29) is 17.8 Å². The molecule has 0 radical (unpaired) electrons. The zero-order chi connectivity index (χ0) is 20.4. The van der Waals surface area contributed by atoms with Crippen LogP contribution in [0.2, 0.25) is 0 Å². The number of carbonyl (C=O) groups excluding carboxylic acids is 1. The van der Waals surface area contributed by atoms with Crippen LogP contribution >= 0.6 is 11.8 Å². The Morgan fingerprint density at radius 2 is 2.03 bits per heavy atom. The summed E-state index contributed by atoms with van der Waals surface area (Å²) >= 11 is 1.31. The number of hydrogen-bond acceptors (Lipinski definition) is 5. The van der Waals surface area contributed by atoms with Crippen LogP contribution in [0.5, 0.6) is 0 Å². The van der Waals surface area contributed by atoms with Gasteiger partial charge in [0.15, 0.2) is 11.0 Å². The third kappa shape index (κ3) is 4.15. The highest BCUT2D eigenvalue weighted by Gasteiger charge is 2.36. The van der Waals surface area contributed by atoms with Crippen LogP contribution in [0.3, 0.4) is 0 Å². The van der Waals surface area contributed by atoms with Gasteiger partial charge in [0, 0.05) is 6.04 Å². The van der Waals surface area contributed by atoms with Crippen LogP contribution in [0.4, 0.5) is 4.39 Å². The average molecular weight is 414 g/mol. The molecule has 0 bridgehead atoms. The smallest absolute Gasteiger partial charge is 0.234 e. The fourth-order valence-corrected chi connectivity index (χ4v) is 4.73. The van der Waals surface area contributed by atoms with E-state index in [0.29, 0.717) is 29.4 Å². The topological polar surface area (TPSA) is 83.6 Å². The van der Waals surface area contributed by atoms with Gasteiger partial charge in [0.05, 0.1) is 16.9 Å². The Morgan fingerprint density at radius 3 is 2.69 bits per heavy atom. The van der Waals surface area contributed by atoms with Crippen LogP contribution < -0.4 is 5.32 Å². The first-order chi connectivity index (χ1) is 14.0. The zero-order valence-electron chi connectivity index (χ0n) is 16.4. The van der Waals surface area contributed by atoms with E-state index in [1.165, 1.54) is 17.8 Å². The Kier molecular flexibility index (Phi) is 5.59. The maximum atomic E-state index is 14.3. The van der Waals surface area contributed by atoms with Crippen LogP contribution in [0, 0.1) is 17.1 Å². The molecule has 1 aromatic heterocycles. The van der Waals surface area contributed by atoms with E-state index >= 15 is 0 Å². The lowest BCUT2D eigenvalue weighted by Gasteiger charge is -2.32. The second-order valence-electron chi connectivity index (χ2n) is 7.89. The molecule has 4 rings (SSSR count). The molecule has 0 spiro atoms. The molecule has 0 saturated heterocycles. The van der Waals surface area contributed by atoms with E-state index < -0.39 is 10.8 Å². The molecule has 152 valence electrons. The van der Waals surface area contributed by atoms with Gasteiger partial charge in [-0.1, -0.05) is 43.2 Å². The van der Waals surface area contributed by atoms with Crippen LogP contribution in [0.1, 0.15) is 57.9 Å². The Labute approximate surface area is 173 Å². The number of aromatic nitrogens is 3. The number of carbonyl (C=O) groups is 1. The highest BCUT2D eigenvalue weighted by molar-refractivity contribution is 8.00. The number of thioether (sulfide) groups is 1. The van der Waals surface area contributed by atoms with E-state index in [4.69, 9.17) is 0 Å². The number of nitrogens with one attached hydrogen (secondary N) is 1. The van der Waals surface area contributed by atoms with Crippen molar-refractivity contribution >= 4 is 17.7 Å². The van der Waals surface area contributed by atoms with Crippen molar-refractivity contribution in [1.29, 1.82) is 5.26 Å². The predicted octanol–water partition coefficient (Wildman–Crippen LogP) is 4.24. The highest BCUT2D eigenvalue weighted by Crippen LogP contribution is 2.42. The Hall–Kier alpha value is -2.40. The number of amides is 1. The molecule has 2 aromatic rings. The molecule has 2 aliphatic rings. The quantitative estimate of drug-likeness (QED) is 0.716. The summed E-state index contributed by atoms with van der Waals surface area (Å²) in [5, 5.41) is 21.3. The number of rotatable bonds is 6. The molecule has 1 aromatic carbocycles. The fraction of sp³-hybridized carbons (Fsp3) is 0.524. The lowest BCUT2D eigenvalue weighted by Crippen LogP contribution is -2.51. The first kappa shape index (κ1) is 19.9. The van der Waals surface area contributed by atoms with Crippen molar-refractivity contribution in [2.24, 2.45) is 0 Å². The van der Waals surface area contributed by atoms with Crippen molar-refractivity contribution < 1.29 is 9.18 Å². The summed E-state index contributed by atoms with van der Waals surface area (Å²) in [5.74, 6) is -0.00451. The average Bonchev–Trinajstić information content (AvgIpc) is 3.49. The molecule has 1 atom stereocenters. The standard InChI is InChI=1S/C21H24FN5OS/c1-14(19(28)24-21(13-23)11-5-2-6-12-21)29-20-26-25-18(27(20)15-9-10-15)16-7-3-4-8-17(16)22/h3-4,7-8,14-15H,2,5-6,9-12H2,1H3,(H,24,28). The third-order valence-electron chi connectivity index (χ3n) is 5.63. The molecule has 29 heavy (non-hydrogen) atoms. The molecule has 2 fully saturated rings. The van der Waals surface area contributed by atoms with Crippen LogP contribution in [-0.4, -0.2) is 31.5 Å². The summed E-state index contributed by atoms with van der Waals surface area (Å²) in [6, 6.07) is 9.09. The van der Waals surface area contributed by atoms with E-state index in [2.05, 4.69) is 21.6 Å². The lowest BCUT2D eigenvalue weighted by atomic mass is 9.83. The van der Waals surface area contributed by atoms with Crippen LogP contribution in [0.15, 0.2) is 29.4 Å². The van der Waals surface area contributed by atoms with E-state index in [1.54, 1.807) is 18.2 Å². The number of nitrogens with zero attached hydrogens (tertiary/aromatic N) is 4. The lowest BCUT2D eigenvalue weighted by molar-refractivity contribution is -0.121. The van der Waals surface area contributed by atoms with E-state index in [9.17, 15) is 14.4 Å². The monoisotopic (exact) mass is 413 g/mol. The van der Waals surface area contributed by atoms with Gasteiger partial charge < -0.3 is 5.32 Å². The van der Waals surface area contributed by atoms with Crippen LogP contribution in [-0.2, 0) is 4.79 Å². The van der Waals surface area contributed by atoms with Crippen molar-refractivity contribution in [2.45, 2.75) is 73.9 Å². The molecule has 1 unspecified atom stereocenters. The maximum Gasteiger partial charge on any atom is 0.234 e. The van der Waals surface area contributed by atoms with Gasteiger partial charge in [-0.2, -0.15) is 5.26 Å². The van der Waals surface area contributed by atoms with Gasteiger partial charge in [0.1, 0.15) is 11.4 Å². The van der Waals surface area contributed by atoms with Gasteiger partial charge in [-0.05, 0) is 44.7 Å². The fourth-order valence-electron chi connectivity index (χ4n) is 3.81. The number of nitriles is 1. The molecule has 1 heterocycles. The van der Waals surface area contributed by atoms with Crippen molar-refractivity contribution in [3.8, 4) is 17.5 Å². The number of hydrogen-bond donors (Lipinski definition) is 1. The summed E-state index contributed by atoms with van der Waals surface area (Å²) in [6.45, 7) is 1.81. The number of benzene rings is 1. The molecule has 0 aliphatic heterocycles. The summed E-state index contributed by atoms with van der Waals surface area (Å²) in [6.07, 6.45) is 6.39. The second kappa shape index (κ2) is 8.15. The van der Waals surface area contributed by atoms with Gasteiger partial charge in [-0.15, -0.1) is 10.2 Å². The summed E-state index contributed by atoms with van der Waals surface area (Å²) in [4.78, 5) is 12.8. The molecule has 8 heteroatoms. The van der Waals surface area contributed by atoms with Gasteiger partial charge >= 0.3 is 0 Å². The van der Waals surface area contributed by atoms with Gasteiger partial charge in [-0.25, -0.2) is 4.39 Å².